The summed E-state index contributed by atoms with van der Waals surface area (Å²) in [7, 11) is 1.60. The summed E-state index contributed by atoms with van der Waals surface area (Å²) >= 11 is 0. The van der Waals surface area contributed by atoms with E-state index in [9.17, 15) is 14.4 Å². The summed E-state index contributed by atoms with van der Waals surface area (Å²) < 4.78 is 1.40. The van der Waals surface area contributed by atoms with Crippen molar-refractivity contribution in [2.45, 2.75) is 19.9 Å². The van der Waals surface area contributed by atoms with Gasteiger partial charge in [0.25, 0.3) is 11.5 Å². The fraction of sp³-hybridized carbons (Fsp3) is 0.357. The summed E-state index contributed by atoms with van der Waals surface area (Å²) in [4.78, 5) is 36.8. The topological polar surface area (TPSA) is 79.6 Å². The van der Waals surface area contributed by atoms with Crippen molar-refractivity contribution in [3.8, 4) is 0 Å². The fourth-order valence-corrected chi connectivity index (χ4v) is 2.23. The van der Waals surface area contributed by atoms with Gasteiger partial charge in [-0.2, -0.15) is 0 Å². The van der Waals surface area contributed by atoms with Gasteiger partial charge in [-0.1, -0.05) is 12.2 Å². The van der Waals surface area contributed by atoms with E-state index in [2.05, 4.69) is 0 Å². The van der Waals surface area contributed by atoms with E-state index >= 15 is 0 Å². The summed E-state index contributed by atoms with van der Waals surface area (Å²) in [5, 5.41) is 9.07. The lowest BCUT2D eigenvalue weighted by molar-refractivity contribution is -0.140. The molecule has 6 heteroatoms. The third-order valence-electron chi connectivity index (χ3n) is 3.67. The molecule has 1 unspecified atom stereocenters. The van der Waals surface area contributed by atoms with Crippen molar-refractivity contribution in [2.24, 2.45) is 7.05 Å². The predicted octanol–water partition coefficient (Wildman–Crippen LogP) is 0.467. The van der Waals surface area contributed by atoms with E-state index in [1.165, 1.54) is 21.6 Å². The number of aliphatic carboxylic acids is 1. The summed E-state index contributed by atoms with van der Waals surface area (Å²) in [6, 6.07) is 0.519. The zero-order chi connectivity index (χ0) is 15.0. The van der Waals surface area contributed by atoms with Gasteiger partial charge in [-0.25, -0.2) is 4.79 Å². The summed E-state index contributed by atoms with van der Waals surface area (Å²) in [6.07, 6.45) is 3.06. The Bertz CT molecular complexity index is 672. The van der Waals surface area contributed by atoms with E-state index < -0.39 is 23.5 Å². The van der Waals surface area contributed by atoms with Crippen LogP contribution in [0.3, 0.4) is 0 Å². The van der Waals surface area contributed by atoms with Crippen molar-refractivity contribution in [3.05, 3.63) is 45.4 Å². The van der Waals surface area contributed by atoms with Crippen LogP contribution in [0.1, 0.15) is 21.6 Å². The number of nitrogens with zero attached hydrogens (tertiary/aromatic N) is 2. The largest absolute Gasteiger partial charge is 0.479 e. The molecule has 1 aliphatic heterocycles. The number of rotatable bonds is 2. The number of carboxylic acid groups (broad SMARTS) is 1. The van der Waals surface area contributed by atoms with E-state index in [1.807, 2.05) is 6.92 Å². The molecule has 1 aliphatic rings. The second-order valence-corrected chi connectivity index (χ2v) is 4.86. The van der Waals surface area contributed by atoms with Crippen LogP contribution in [0.25, 0.3) is 0 Å². The van der Waals surface area contributed by atoms with Crippen LogP contribution < -0.4 is 5.56 Å². The Morgan fingerprint density at radius 2 is 2.00 bits per heavy atom. The third-order valence-corrected chi connectivity index (χ3v) is 3.67. The predicted molar refractivity (Wildman–Crippen MR) is 72.8 cm³/mol. The molecule has 1 amide bonds. The quantitative estimate of drug-likeness (QED) is 0.796. The molecule has 0 radical (unpaired) electrons. The summed E-state index contributed by atoms with van der Waals surface area (Å²) in [5.74, 6) is -1.65. The Hall–Kier alpha value is -2.37. The molecule has 2 rings (SSSR count). The molecule has 0 aliphatic carbocycles. The average Bonchev–Trinajstić information content (AvgIpc) is 2.89. The van der Waals surface area contributed by atoms with E-state index in [-0.39, 0.29) is 12.1 Å². The van der Waals surface area contributed by atoms with Crippen LogP contribution in [0, 0.1) is 13.8 Å². The van der Waals surface area contributed by atoms with Crippen molar-refractivity contribution in [3.63, 3.8) is 0 Å². The normalized spacial score (nSPS) is 17.6. The highest BCUT2D eigenvalue weighted by atomic mass is 16.4. The SMILES string of the molecule is Cc1cc(C(=O)N2CC=CC2C(=O)O)c(=O)n(C)c1C. The van der Waals surface area contributed by atoms with Gasteiger partial charge < -0.3 is 14.6 Å². The third kappa shape index (κ3) is 2.13. The standard InChI is InChI=1S/C14H16N2O4/c1-8-7-10(12(17)15(3)9(8)2)13(18)16-6-4-5-11(16)14(19)20/h4-5,7,11H,6H2,1-3H3,(H,19,20). The molecular weight excluding hydrogens is 260 g/mol. The Labute approximate surface area is 115 Å². The zero-order valence-corrected chi connectivity index (χ0v) is 11.6. The average molecular weight is 276 g/mol. The molecule has 6 nitrogen and oxygen atoms in total. The molecule has 0 saturated carbocycles. The Kier molecular flexibility index (Phi) is 3.48. The second kappa shape index (κ2) is 4.96. The van der Waals surface area contributed by atoms with Crippen molar-refractivity contribution < 1.29 is 14.7 Å². The molecule has 0 spiro atoms. The summed E-state index contributed by atoms with van der Waals surface area (Å²) in [5.41, 5.74) is 1.19. The van der Waals surface area contributed by atoms with Crippen LogP contribution in [-0.2, 0) is 11.8 Å². The number of carbonyl (C=O) groups is 2. The molecule has 0 fully saturated rings. The smallest absolute Gasteiger partial charge is 0.330 e. The molecule has 1 aromatic heterocycles. The van der Waals surface area contributed by atoms with Crippen molar-refractivity contribution in [1.29, 1.82) is 0 Å². The van der Waals surface area contributed by atoms with Crippen LogP contribution >= 0.6 is 0 Å². The van der Waals surface area contributed by atoms with Gasteiger partial charge in [0, 0.05) is 19.3 Å². The lowest BCUT2D eigenvalue weighted by atomic mass is 10.1. The zero-order valence-electron chi connectivity index (χ0n) is 11.6. The van der Waals surface area contributed by atoms with E-state index in [1.54, 1.807) is 20.0 Å². The van der Waals surface area contributed by atoms with Crippen LogP contribution in [0.5, 0.6) is 0 Å². The number of aromatic nitrogens is 1. The van der Waals surface area contributed by atoms with Gasteiger partial charge >= 0.3 is 5.97 Å². The first-order chi connectivity index (χ1) is 9.34. The lowest BCUT2D eigenvalue weighted by Gasteiger charge is -2.22. The van der Waals surface area contributed by atoms with E-state index in [0.717, 1.165) is 11.3 Å². The van der Waals surface area contributed by atoms with Gasteiger partial charge in [-0.3, -0.25) is 9.59 Å². The van der Waals surface area contributed by atoms with Crippen LogP contribution in [0.4, 0.5) is 0 Å². The molecule has 1 atom stereocenters. The molecule has 0 saturated heterocycles. The number of aryl methyl sites for hydroxylation is 1. The second-order valence-electron chi connectivity index (χ2n) is 4.86. The first-order valence-electron chi connectivity index (χ1n) is 6.22. The molecule has 2 heterocycles. The number of hydrogen-bond donors (Lipinski definition) is 1. The van der Waals surface area contributed by atoms with Crippen LogP contribution in [0.2, 0.25) is 0 Å². The number of carbonyl (C=O) groups excluding carboxylic acids is 1. The molecule has 0 aromatic carbocycles. The number of amides is 1. The number of carboxylic acids is 1. The highest BCUT2D eigenvalue weighted by Gasteiger charge is 2.32. The molecular formula is C14H16N2O4. The monoisotopic (exact) mass is 276 g/mol. The van der Waals surface area contributed by atoms with Gasteiger partial charge in [0.05, 0.1) is 0 Å². The Morgan fingerprint density at radius 1 is 1.35 bits per heavy atom. The molecule has 1 N–H and O–H groups in total. The molecule has 20 heavy (non-hydrogen) atoms. The highest BCUT2D eigenvalue weighted by Crippen LogP contribution is 2.15. The molecule has 0 bridgehead atoms. The summed E-state index contributed by atoms with van der Waals surface area (Å²) in [6.45, 7) is 3.80. The fourth-order valence-electron chi connectivity index (χ4n) is 2.23. The molecule has 1 aromatic rings. The van der Waals surface area contributed by atoms with Crippen molar-refractivity contribution in [1.82, 2.24) is 9.47 Å². The van der Waals surface area contributed by atoms with Gasteiger partial charge in [0.1, 0.15) is 11.6 Å². The Morgan fingerprint density at radius 3 is 2.60 bits per heavy atom. The maximum absolute atomic E-state index is 12.4. The minimum absolute atomic E-state index is 0.00514. The highest BCUT2D eigenvalue weighted by molar-refractivity contribution is 5.97. The maximum atomic E-state index is 12.4. The van der Waals surface area contributed by atoms with Gasteiger partial charge in [-0.05, 0) is 25.5 Å². The number of pyridine rings is 1. The first kappa shape index (κ1) is 14.0. The van der Waals surface area contributed by atoms with E-state index in [0.29, 0.717) is 0 Å². The van der Waals surface area contributed by atoms with Crippen LogP contribution in [-0.4, -0.2) is 39.0 Å². The van der Waals surface area contributed by atoms with Crippen molar-refractivity contribution >= 4 is 11.9 Å². The van der Waals surface area contributed by atoms with E-state index in [4.69, 9.17) is 5.11 Å². The minimum atomic E-state index is -1.10. The lowest BCUT2D eigenvalue weighted by Crippen LogP contribution is -2.43. The van der Waals surface area contributed by atoms with Crippen molar-refractivity contribution in [2.75, 3.05) is 6.54 Å². The first-order valence-corrected chi connectivity index (χ1v) is 6.22. The maximum Gasteiger partial charge on any atom is 0.330 e. The minimum Gasteiger partial charge on any atom is -0.479 e. The molecule has 106 valence electrons. The van der Waals surface area contributed by atoms with Gasteiger partial charge in [0.15, 0.2) is 0 Å². The van der Waals surface area contributed by atoms with Crippen LogP contribution in [0.15, 0.2) is 23.0 Å². The van der Waals surface area contributed by atoms with Gasteiger partial charge in [-0.15, -0.1) is 0 Å². The number of hydrogen-bond acceptors (Lipinski definition) is 3. The Balaban J connectivity index is 2.45. The van der Waals surface area contributed by atoms with Gasteiger partial charge in [0.2, 0.25) is 0 Å².